The summed E-state index contributed by atoms with van der Waals surface area (Å²) < 4.78 is 17.1. The molecule has 0 amide bonds. The predicted molar refractivity (Wildman–Crippen MR) is 139 cm³/mol. The van der Waals surface area contributed by atoms with E-state index in [9.17, 15) is 9.18 Å². The average molecular weight is 487 g/mol. The van der Waals surface area contributed by atoms with Gasteiger partial charge in [0.25, 0.3) is 5.91 Å². The number of fused-ring (bicyclic) bond motifs is 1. The zero-order valence-corrected chi connectivity index (χ0v) is 21.3. The molecule has 36 heavy (non-hydrogen) atoms. The van der Waals surface area contributed by atoms with E-state index < -0.39 is 5.95 Å². The van der Waals surface area contributed by atoms with Crippen LogP contribution in [0.1, 0.15) is 58.3 Å². The Hall–Kier alpha value is -3.94. The topological polar surface area (TPSA) is 78.5 Å². The van der Waals surface area contributed by atoms with Crippen LogP contribution in [0.15, 0.2) is 90.1 Å². The number of nitrogens with zero attached hydrogens (tertiary/aromatic N) is 6. The molecule has 0 fully saturated rings. The summed E-state index contributed by atoms with van der Waals surface area (Å²) in [4.78, 5) is 28.2. The summed E-state index contributed by atoms with van der Waals surface area (Å²) in [6.45, 7) is 10.7. The second kappa shape index (κ2) is 10.4. The third-order valence-electron chi connectivity index (χ3n) is 6.69. The number of carbonyl (C=O) groups is 1. The van der Waals surface area contributed by atoms with Crippen molar-refractivity contribution >= 4 is 17.1 Å². The molecule has 4 rings (SSSR count). The lowest BCUT2D eigenvalue weighted by atomic mass is 9.71. The van der Waals surface area contributed by atoms with Crippen LogP contribution in [0.4, 0.5) is 4.39 Å². The molecule has 0 saturated heterocycles. The van der Waals surface area contributed by atoms with E-state index in [0.29, 0.717) is 6.04 Å². The van der Waals surface area contributed by atoms with Crippen molar-refractivity contribution in [1.82, 2.24) is 29.1 Å². The molecule has 0 radical (unpaired) electrons. The van der Waals surface area contributed by atoms with Gasteiger partial charge in [0.05, 0.1) is 12.4 Å². The fourth-order valence-corrected chi connectivity index (χ4v) is 4.65. The molecule has 0 aromatic carbocycles. The average Bonchev–Trinajstić information content (AvgIpc) is 3.49. The lowest BCUT2D eigenvalue weighted by molar-refractivity contribution is 0.0972. The Morgan fingerprint density at radius 1 is 1.14 bits per heavy atom. The normalized spacial score (nSPS) is 19.2. The maximum Gasteiger partial charge on any atom is 0.257 e. The van der Waals surface area contributed by atoms with E-state index in [4.69, 9.17) is 0 Å². The van der Waals surface area contributed by atoms with Crippen LogP contribution < -0.4 is 0 Å². The lowest BCUT2D eigenvalue weighted by Gasteiger charge is -2.37. The molecule has 0 bridgehead atoms. The fourth-order valence-electron chi connectivity index (χ4n) is 4.65. The molecule has 1 unspecified atom stereocenters. The van der Waals surface area contributed by atoms with Gasteiger partial charge in [0, 0.05) is 18.5 Å². The van der Waals surface area contributed by atoms with Gasteiger partial charge >= 0.3 is 0 Å². The van der Waals surface area contributed by atoms with Gasteiger partial charge in [-0.25, -0.2) is 24.5 Å². The molecule has 186 valence electrons. The second-order valence-corrected chi connectivity index (χ2v) is 9.83. The number of rotatable bonds is 6. The summed E-state index contributed by atoms with van der Waals surface area (Å²) >= 11 is 0. The maximum atomic E-state index is 13.7. The molecule has 3 aromatic heterocycles. The van der Waals surface area contributed by atoms with Gasteiger partial charge in [0.15, 0.2) is 11.2 Å². The highest BCUT2D eigenvalue weighted by molar-refractivity contribution is 5.96. The third kappa shape index (κ3) is 5.32. The van der Waals surface area contributed by atoms with Gasteiger partial charge in [-0.15, -0.1) is 0 Å². The Morgan fingerprint density at radius 3 is 2.69 bits per heavy atom. The van der Waals surface area contributed by atoms with E-state index in [1.165, 1.54) is 28.1 Å². The zero-order chi connectivity index (χ0) is 25.9. The Kier molecular flexibility index (Phi) is 7.24. The van der Waals surface area contributed by atoms with Crippen molar-refractivity contribution in [3.63, 3.8) is 0 Å². The molecule has 0 saturated carbocycles. The van der Waals surface area contributed by atoms with E-state index in [-0.39, 0.29) is 22.5 Å². The third-order valence-corrected chi connectivity index (χ3v) is 6.69. The van der Waals surface area contributed by atoms with E-state index >= 15 is 0 Å². The second-order valence-electron chi connectivity index (χ2n) is 9.83. The zero-order valence-electron chi connectivity index (χ0n) is 21.3. The van der Waals surface area contributed by atoms with E-state index in [0.717, 1.165) is 30.3 Å². The SMILES string of the molecule is CC1=C(/C=C/C(C)=C/C=C/C(C)=C/C(=O)n2cnc3c(F)ncnc32)C(C)(C)CCC1n1ccnc1. The minimum absolute atomic E-state index is 0.0272. The number of hydrogen-bond acceptors (Lipinski definition) is 5. The van der Waals surface area contributed by atoms with Crippen molar-refractivity contribution in [2.45, 2.75) is 53.5 Å². The van der Waals surface area contributed by atoms with Gasteiger partial charge in [0.1, 0.15) is 12.7 Å². The van der Waals surface area contributed by atoms with Crippen molar-refractivity contribution in [3.8, 4) is 0 Å². The quantitative estimate of drug-likeness (QED) is 0.236. The van der Waals surface area contributed by atoms with Gasteiger partial charge in [-0.1, -0.05) is 49.8 Å². The number of allylic oxidation sites excluding steroid dienone is 10. The lowest BCUT2D eigenvalue weighted by Crippen LogP contribution is -2.25. The van der Waals surface area contributed by atoms with Crippen LogP contribution in [0.25, 0.3) is 11.2 Å². The summed E-state index contributed by atoms with van der Waals surface area (Å²) in [7, 11) is 0. The molecule has 1 aliphatic carbocycles. The summed E-state index contributed by atoms with van der Waals surface area (Å²) in [5.74, 6) is -1.10. The summed E-state index contributed by atoms with van der Waals surface area (Å²) in [5, 5.41) is 0. The fraction of sp³-hybridized carbons (Fsp3) is 0.321. The number of aromatic nitrogens is 6. The highest BCUT2D eigenvalue weighted by Crippen LogP contribution is 2.45. The minimum atomic E-state index is -0.749. The Bertz CT molecular complexity index is 1420. The van der Waals surface area contributed by atoms with Gasteiger partial charge in [0.2, 0.25) is 5.95 Å². The van der Waals surface area contributed by atoms with Gasteiger partial charge in [-0.3, -0.25) is 4.79 Å². The molecule has 1 atom stereocenters. The van der Waals surface area contributed by atoms with Crippen LogP contribution in [-0.4, -0.2) is 35.0 Å². The smallest absolute Gasteiger partial charge is 0.257 e. The van der Waals surface area contributed by atoms with Gasteiger partial charge < -0.3 is 4.57 Å². The van der Waals surface area contributed by atoms with Crippen molar-refractivity contribution in [3.05, 3.63) is 96.1 Å². The molecule has 0 N–H and O–H groups in total. The molecule has 1 aliphatic rings. The Labute approximate surface area is 210 Å². The van der Waals surface area contributed by atoms with Gasteiger partial charge in [-0.2, -0.15) is 4.39 Å². The van der Waals surface area contributed by atoms with E-state index in [2.05, 4.69) is 64.4 Å². The van der Waals surface area contributed by atoms with Crippen LogP contribution in [0.3, 0.4) is 0 Å². The number of imidazole rings is 2. The number of hydrogen-bond donors (Lipinski definition) is 0. The van der Waals surface area contributed by atoms with Crippen LogP contribution in [-0.2, 0) is 0 Å². The van der Waals surface area contributed by atoms with E-state index in [1.54, 1.807) is 0 Å². The first-order valence-electron chi connectivity index (χ1n) is 12.0. The van der Waals surface area contributed by atoms with Crippen LogP contribution >= 0.6 is 0 Å². The molecular weight excluding hydrogens is 455 g/mol. The highest BCUT2D eigenvalue weighted by atomic mass is 19.1. The van der Waals surface area contributed by atoms with Crippen LogP contribution in [0.2, 0.25) is 0 Å². The van der Waals surface area contributed by atoms with Crippen molar-refractivity contribution in [2.75, 3.05) is 0 Å². The van der Waals surface area contributed by atoms with Crippen molar-refractivity contribution in [1.29, 1.82) is 0 Å². The standard InChI is InChI=1S/C28H31FN6O/c1-19(9-10-22-21(3)23(11-12-28(22,4)5)34-14-13-30-17-34)7-6-8-20(2)15-24(36)35-18-33-25-26(29)31-16-32-27(25)35/h6-10,13-18,23H,11-12H2,1-5H3/b8-6+,10-9+,19-7+,20-15+. The number of halogens is 1. The maximum absolute atomic E-state index is 13.7. The molecular formula is C28H31FN6O. The summed E-state index contributed by atoms with van der Waals surface area (Å²) in [6, 6.07) is 0.338. The first kappa shape index (κ1) is 25.2. The molecule has 0 aliphatic heterocycles. The van der Waals surface area contributed by atoms with Crippen molar-refractivity contribution < 1.29 is 9.18 Å². The summed E-state index contributed by atoms with van der Waals surface area (Å²) in [6.07, 6.45) is 21.9. The van der Waals surface area contributed by atoms with Crippen LogP contribution in [0, 0.1) is 11.4 Å². The Balaban J connectivity index is 1.47. The largest absolute Gasteiger partial charge is 0.330 e. The monoisotopic (exact) mass is 486 g/mol. The first-order valence-corrected chi connectivity index (χ1v) is 12.0. The Morgan fingerprint density at radius 2 is 1.94 bits per heavy atom. The van der Waals surface area contributed by atoms with E-state index in [1.807, 2.05) is 43.9 Å². The van der Waals surface area contributed by atoms with Gasteiger partial charge in [-0.05, 0) is 55.7 Å². The molecule has 3 heterocycles. The molecule has 7 nitrogen and oxygen atoms in total. The van der Waals surface area contributed by atoms with Crippen LogP contribution in [0.5, 0.6) is 0 Å². The molecule has 0 spiro atoms. The minimum Gasteiger partial charge on any atom is -0.330 e. The first-order chi connectivity index (χ1) is 17.2. The van der Waals surface area contributed by atoms with Crippen molar-refractivity contribution in [2.24, 2.45) is 5.41 Å². The predicted octanol–water partition coefficient (Wildman–Crippen LogP) is 6.18. The number of carbonyl (C=O) groups excluding carboxylic acids is 1. The summed E-state index contributed by atoms with van der Waals surface area (Å²) in [5.41, 5.74) is 4.81. The molecule has 3 aromatic rings. The highest BCUT2D eigenvalue weighted by Gasteiger charge is 2.32. The molecule has 8 heteroatoms.